The van der Waals surface area contributed by atoms with Gasteiger partial charge in [0.05, 0.1) is 24.5 Å². The summed E-state index contributed by atoms with van der Waals surface area (Å²) in [5, 5.41) is 1.03. The molecule has 146 valence electrons. The predicted molar refractivity (Wildman–Crippen MR) is 108 cm³/mol. The Labute approximate surface area is 172 Å². The van der Waals surface area contributed by atoms with Gasteiger partial charge in [0.25, 0.3) is 0 Å². The molecule has 6 nitrogen and oxygen atoms in total. The quantitative estimate of drug-likeness (QED) is 0.608. The zero-order valence-electron chi connectivity index (χ0n) is 14.9. The number of hydrogen-bond acceptors (Lipinski definition) is 5. The Balaban J connectivity index is 1.54. The molecule has 28 heavy (non-hydrogen) atoms. The molecule has 0 radical (unpaired) electrons. The van der Waals surface area contributed by atoms with Crippen LogP contribution in [0.3, 0.4) is 0 Å². The molecule has 2 heterocycles. The molecule has 1 aliphatic rings. The fraction of sp³-hybridized carbons (Fsp3) is 0.250. The normalized spacial score (nSPS) is 21.7. The molecule has 0 bridgehead atoms. The number of nitrogen functional groups attached to an aromatic ring is 1. The highest BCUT2D eigenvalue weighted by atomic mass is 35.5. The molecule has 0 amide bonds. The molecule has 1 saturated heterocycles. The molecule has 2 unspecified atom stereocenters. The number of aromatic nitrogens is 2. The summed E-state index contributed by atoms with van der Waals surface area (Å²) in [4.78, 5) is 4.09. The largest absolute Gasteiger partial charge is 0.491 e. The minimum absolute atomic E-state index is 0.271. The van der Waals surface area contributed by atoms with Gasteiger partial charge in [0.1, 0.15) is 18.5 Å². The van der Waals surface area contributed by atoms with E-state index in [2.05, 4.69) is 4.98 Å². The molecule has 4 rings (SSSR count). The van der Waals surface area contributed by atoms with E-state index in [-0.39, 0.29) is 6.10 Å². The fourth-order valence-electron chi connectivity index (χ4n) is 3.13. The van der Waals surface area contributed by atoms with E-state index in [1.165, 1.54) is 0 Å². The lowest BCUT2D eigenvalue weighted by molar-refractivity contribution is -0.189. The second kappa shape index (κ2) is 8.01. The molecule has 1 fully saturated rings. The van der Waals surface area contributed by atoms with Crippen LogP contribution in [-0.2, 0) is 21.8 Å². The second-order valence-electron chi connectivity index (χ2n) is 6.54. The Morgan fingerprint density at radius 3 is 2.75 bits per heavy atom. The first kappa shape index (κ1) is 19.1. The lowest BCUT2D eigenvalue weighted by atomic mass is 10.1. The van der Waals surface area contributed by atoms with Gasteiger partial charge in [-0.1, -0.05) is 29.3 Å². The maximum atomic E-state index is 6.46. The molecule has 0 saturated carbocycles. The minimum atomic E-state index is -1.06. The number of halogens is 2. The summed E-state index contributed by atoms with van der Waals surface area (Å²) in [5.41, 5.74) is 7.10. The van der Waals surface area contributed by atoms with Gasteiger partial charge in [-0.15, -0.1) is 0 Å². The first-order chi connectivity index (χ1) is 13.5. The average Bonchev–Trinajstić information content (AvgIpc) is 3.32. The Morgan fingerprint density at radius 2 is 2.04 bits per heavy atom. The maximum Gasteiger partial charge on any atom is 0.215 e. The summed E-state index contributed by atoms with van der Waals surface area (Å²) in [6, 6.07) is 12.5. The number of ether oxygens (including phenoxy) is 3. The Bertz CT molecular complexity index is 934. The van der Waals surface area contributed by atoms with Crippen LogP contribution in [0.5, 0.6) is 5.75 Å². The summed E-state index contributed by atoms with van der Waals surface area (Å²) < 4.78 is 20.2. The second-order valence-corrected chi connectivity index (χ2v) is 7.39. The minimum Gasteiger partial charge on any atom is -0.491 e. The van der Waals surface area contributed by atoms with Crippen LogP contribution in [0.4, 0.5) is 5.69 Å². The molecular formula is C20H19Cl2N3O3. The van der Waals surface area contributed by atoms with Crippen LogP contribution in [0.15, 0.2) is 61.2 Å². The molecule has 2 aromatic carbocycles. The predicted octanol–water partition coefficient (Wildman–Crippen LogP) is 4.12. The van der Waals surface area contributed by atoms with Crippen LogP contribution in [0.1, 0.15) is 5.56 Å². The van der Waals surface area contributed by atoms with E-state index >= 15 is 0 Å². The van der Waals surface area contributed by atoms with Crippen LogP contribution >= 0.6 is 23.2 Å². The van der Waals surface area contributed by atoms with Crippen LogP contribution in [0, 0.1) is 0 Å². The molecule has 2 atom stereocenters. The number of imidazole rings is 1. The van der Waals surface area contributed by atoms with Crippen molar-refractivity contribution in [1.82, 2.24) is 9.55 Å². The van der Waals surface area contributed by atoms with Crippen molar-refractivity contribution in [2.45, 2.75) is 18.4 Å². The van der Waals surface area contributed by atoms with Crippen LogP contribution in [0.2, 0.25) is 10.0 Å². The van der Waals surface area contributed by atoms with Crippen molar-refractivity contribution in [3.8, 4) is 5.75 Å². The van der Waals surface area contributed by atoms with Gasteiger partial charge in [-0.3, -0.25) is 0 Å². The third kappa shape index (κ3) is 4.10. The van der Waals surface area contributed by atoms with E-state index in [9.17, 15) is 0 Å². The van der Waals surface area contributed by atoms with Crippen LogP contribution in [0.25, 0.3) is 0 Å². The molecule has 1 aromatic heterocycles. The van der Waals surface area contributed by atoms with Crippen LogP contribution < -0.4 is 10.5 Å². The van der Waals surface area contributed by atoms with Crippen molar-refractivity contribution in [2.24, 2.45) is 0 Å². The van der Waals surface area contributed by atoms with Crippen molar-refractivity contribution in [1.29, 1.82) is 0 Å². The molecular weight excluding hydrogens is 401 g/mol. The number of benzene rings is 2. The standard InChI is InChI=1S/C20H19Cl2N3O3/c21-14-1-6-18(19(22)9-14)20(12-25-8-7-24-13-25)27-11-17(28-20)10-26-16-4-2-15(23)3-5-16/h1-9,13,17H,10-12,23H2. The van der Waals surface area contributed by atoms with E-state index in [0.717, 1.165) is 5.75 Å². The SMILES string of the molecule is Nc1ccc(OCC2COC(Cn3ccnc3)(c3ccc(Cl)cc3Cl)O2)cc1. The van der Waals surface area contributed by atoms with Crippen molar-refractivity contribution in [3.63, 3.8) is 0 Å². The number of nitrogens with two attached hydrogens (primary N) is 1. The van der Waals surface area contributed by atoms with Crippen molar-refractivity contribution < 1.29 is 14.2 Å². The zero-order chi connectivity index (χ0) is 19.6. The first-order valence-corrected chi connectivity index (χ1v) is 9.51. The number of rotatable bonds is 6. The van der Waals surface area contributed by atoms with Gasteiger partial charge in [-0.2, -0.15) is 0 Å². The molecule has 8 heteroatoms. The monoisotopic (exact) mass is 419 g/mol. The average molecular weight is 420 g/mol. The molecule has 0 aliphatic carbocycles. The fourth-order valence-corrected chi connectivity index (χ4v) is 3.68. The topological polar surface area (TPSA) is 71.5 Å². The summed E-state index contributed by atoms with van der Waals surface area (Å²) >= 11 is 12.5. The molecule has 2 N–H and O–H groups in total. The zero-order valence-corrected chi connectivity index (χ0v) is 16.4. The highest BCUT2D eigenvalue weighted by Crippen LogP contribution is 2.40. The maximum absolute atomic E-state index is 6.46. The highest BCUT2D eigenvalue weighted by Gasteiger charge is 2.45. The summed E-state index contributed by atoms with van der Waals surface area (Å²) in [6.07, 6.45) is 4.98. The van der Waals surface area contributed by atoms with Crippen molar-refractivity contribution in [3.05, 3.63) is 76.8 Å². The Hall–Kier alpha value is -2.25. The van der Waals surface area contributed by atoms with E-state index < -0.39 is 5.79 Å². The number of hydrogen-bond donors (Lipinski definition) is 1. The van der Waals surface area contributed by atoms with E-state index in [0.29, 0.717) is 41.1 Å². The van der Waals surface area contributed by atoms with Gasteiger partial charge in [0, 0.05) is 28.7 Å². The summed E-state index contributed by atoms with van der Waals surface area (Å²) in [7, 11) is 0. The lowest BCUT2D eigenvalue weighted by Gasteiger charge is -2.30. The number of anilines is 1. The van der Waals surface area contributed by atoms with Gasteiger partial charge in [-0.05, 0) is 36.4 Å². The molecule has 0 spiro atoms. The summed E-state index contributed by atoms with van der Waals surface area (Å²) in [5.74, 6) is -0.341. The third-order valence-electron chi connectivity index (χ3n) is 4.47. The van der Waals surface area contributed by atoms with Crippen LogP contribution in [-0.4, -0.2) is 28.9 Å². The summed E-state index contributed by atoms with van der Waals surface area (Å²) in [6.45, 7) is 1.09. The highest BCUT2D eigenvalue weighted by molar-refractivity contribution is 6.35. The third-order valence-corrected chi connectivity index (χ3v) is 5.01. The first-order valence-electron chi connectivity index (χ1n) is 8.75. The van der Waals surface area contributed by atoms with E-state index in [1.807, 2.05) is 29.0 Å². The van der Waals surface area contributed by atoms with Gasteiger partial charge in [0.2, 0.25) is 5.79 Å². The van der Waals surface area contributed by atoms with Crippen molar-refractivity contribution in [2.75, 3.05) is 18.9 Å². The Kier molecular flexibility index (Phi) is 5.46. The van der Waals surface area contributed by atoms with E-state index in [1.54, 1.807) is 36.8 Å². The Morgan fingerprint density at radius 1 is 1.21 bits per heavy atom. The van der Waals surface area contributed by atoms with Gasteiger partial charge < -0.3 is 24.5 Å². The van der Waals surface area contributed by atoms with Gasteiger partial charge in [-0.25, -0.2) is 4.98 Å². The lowest BCUT2D eigenvalue weighted by Crippen LogP contribution is -2.34. The smallest absolute Gasteiger partial charge is 0.215 e. The van der Waals surface area contributed by atoms with Crippen molar-refractivity contribution >= 4 is 28.9 Å². The van der Waals surface area contributed by atoms with E-state index in [4.69, 9.17) is 43.1 Å². The molecule has 1 aliphatic heterocycles. The molecule has 3 aromatic rings. The number of nitrogens with zero attached hydrogens (tertiary/aromatic N) is 2. The van der Waals surface area contributed by atoms with Gasteiger partial charge >= 0.3 is 0 Å². The van der Waals surface area contributed by atoms with Gasteiger partial charge in [0.15, 0.2) is 0 Å².